The van der Waals surface area contributed by atoms with Crippen LogP contribution in [0.1, 0.15) is 50.2 Å². The maximum absolute atomic E-state index is 15.1. The number of carbonyl (C=O) groups is 4. The van der Waals surface area contributed by atoms with Gasteiger partial charge in [0.05, 0.1) is 35.2 Å². The molecule has 4 amide bonds. The average molecular weight is 792 g/mol. The van der Waals surface area contributed by atoms with E-state index in [2.05, 4.69) is 15.9 Å². The summed E-state index contributed by atoms with van der Waals surface area (Å²) in [7, 11) is 3.16. The van der Waals surface area contributed by atoms with Crippen molar-refractivity contribution < 1.29 is 29.0 Å². The summed E-state index contributed by atoms with van der Waals surface area (Å²) in [4.78, 5) is 60.9. The van der Waals surface area contributed by atoms with Gasteiger partial charge >= 0.3 is 0 Å². The van der Waals surface area contributed by atoms with Gasteiger partial charge in [-0.05, 0) is 80.3 Å². The number of nitrogens with zero attached hydrogens (tertiary/aromatic N) is 4. The average Bonchev–Trinajstić information content (AvgIpc) is 3.76. The predicted molar refractivity (Wildman–Crippen MR) is 198 cm³/mol. The number of anilines is 1. The number of likely N-dealkylation sites (tertiary alicyclic amines) is 1. The van der Waals surface area contributed by atoms with E-state index < -0.39 is 46.8 Å². The fourth-order valence-electron chi connectivity index (χ4n) is 9.27. The van der Waals surface area contributed by atoms with Crippen LogP contribution in [-0.2, 0) is 26.2 Å². The van der Waals surface area contributed by atoms with Crippen LogP contribution in [0.15, 0.2) is 52.5 Å². The molecule has 0 bridgehead atoms. The van der Waals surface area contributed by atoms with Crippen molar-refractivity contribution in [3.05, 3.63) is 68.7 Å². The number of aromatic nitrogens is 2. The van der Waals surface area contributed by atoms with Gasteiger partial charge in [-0.15, -0.1) is 11.3 Å². The van der Waals surface area contributed by atoms with Crippen molar-refractivity contribution in [2.24, 2.45) is 36.1 Å². The van der Waals surface area contributed by atoms with Crippen molar-refractivity contribution in [1.82, 2.24) is 14.7 Å². The summed E-state index contributed by atoms with van der Waals surface area (Å²) >= 11 is 11.4. The van der Waals surface area contributed by atoms with Crippen LogP contribution < -0.4 is 9.64 Å². The van der Waals surface area contributed by atoms with Crippen LogP contribution in [0, 0.1) is 36.0 Å². The zero-order chi connectivity index (χ0) is 36.3. The Hall–Kier alpha value is -4.00. The fourth-order valence-corrected chi connectivity index (χ4v) is 11.0. The number of phenols is 1. The number of aryl methyl sites for hydroxylation is 2. The highest BCUT2D eigenvalue weighted by atomic mass is 79.9. The maximum atomic E-state index is 15.1. The first kappa shape index (κ1) is 34.1. The molecule has 10 nitrogen and oxygen atoms in total. The van der Waals surface area contributed by atoms with Gasteiger partial charge in [-0.3, -0.25) is 28.8 Å². The SMILES string of the molecule is CCCN1C(=O)C2CC=C3C(CC4C(=O)N(c5cc(-c6sc7ccc(Cl)cc7c6C)nn5C)C(=O)C4(C)C3c3cc(Br)cc(OC)c3O)C2C1=O. The fraction of sp³-hybridized carbons (Fsp3) is 0.395. The van der Waals surface area contributed by atoms with Crippen LogP contribution in [0.3, 0.4) is 0 Å². The molecule has 6 unspecified atom stereocenters. The van der Waals surface area contributed by atoms with E-state index in [4.69, 9.17) is 21.4 Å². The number of halogens is 2. The molecular weight excluding hydrogens is 756 g/mol. The highest BCUT2D eigenvalue weighted by Crippen LogP contribution is 2.65. The molecule has 2 aliphatic carbocycles. The highest BCUT2D eigenvalue weighted by molar-refractivity contribution is 9.10. The normalized spacial score (nSPS) is 27.3. The van der Waals surface area contributed by atoms with Gasteiger partial charge in [-0.1, -0.05) is 46.1 Å². The second-order valence-corrected chi connectivity index (χ2v) is 16.6. The van der Waals surface area contributed by atoms with Crippen molar-refractivity contribution in [2.75, 3.05) is 18.6 Å². The molecule has 2 aliphatic heterocycles. The van der Waals surface area contributed by atoms with E-state index in [1.807, 2.05) is 38.1 Å². The van der Waals surface area contributed by atoms with Gasteiger partial charge in [0.15, 0.2) is 11.5 Å². The Morgan fingerprint density at radius 2 is 1.86 bits per heavy atom. The molecule has 4 aromatic rings. The summed E-state index contributed by atoms with van der Waals surface area (Å²) < 4.78 is 8.75. The number of rotatable bonds is 6. The van der Waals surface area contributed by atoms with Crippen molar-refractivity contribution in [3.8, 4) is 22.1 Å². The van der Waals surface area contributed by atoms with Gasteiger partial charge in [0, 0.05) is 45.3 Å². The number of thiophene rings is 1. The lowest BCUT2D eigenvalue weighted by Gasteiger charge is -2.49. The van der Waals surface area contributed by atoms with Gasteiger partial charge in [0.25, 0.3) is 0 Å². The molecule has 1 saturated carbocycles. The van der Waals surface area contributed by atoms with Gasteiger partial charge in [0.1, 0.15) is 11.5 Å². The summed E-state index contributed by atoms with van der Waals surface area (Å²) in [6, 6.07) is 10.9. The smallest absolute Gasteiger partial charge is 0.242 e. The molecule has 2 aromatic carbocycles. The molecule has 0 spiro atoms. The molecule has 2 aromatic heterocycles. The number of hydrogen-bond donors (Lipinski definition) is 1. The highest BCUT2D eigenvalue weighted by Gasteiger charge is 2.68. The number of allylic oxidation sites excluding steroid dienone is 2. The number of benzene rings is 2. The van der Waals surface area contributed by atoms with E-state index in [-0.39, 0.29) is 29.7 Å². The Kier molecular flexibility index (Phi) is 8.04. The molecule has 4 heterocycles. The monoisotopic (exact) mass is 790 g/mol. The van der Waals surface area contributed by atoms with Gasteiger partial charge in [-0.2, -0.15) is 5.10 Å². The number of amides is 4. The van der Waals surface area contributed by atoms with E-state index in [9.17, 15) is 19.5 Å². The molecule has 4 aliphatic rings. The van der Waals surface area contributed by atoms with Crippen LogP contribution in [0.5, 0.6) is 11.5 Å². The van der Waals surface area contributed by atoms with E-state index in [0.717, 1.165) is 26.1 Å². The lowest BCUT2D eigenvalue weighted by Crippen LogP contribution is -2.49. The first-order chi connectivity index (χ1) is 24.3. The number of hydrogen-bond acceptors (Lipinski definition) is 8. The molecule has 8 rings (SSSR count). The van der Waals surface area contributed by atoms with Gasteiger partial charge in [-0.25, -0.2) is 4.90 Å². The summed E-state index contributed by atoms with van der Waals surface area (Å²) in [5, 5.41) is 18.1. The third-order valence-corrected chi connectivity index (χ3v) is 13.6. The largest absolute Gasteiger partial charge is 0.504 e. The predicted octanol–water partition coefficient (Wildman–Crippen LogP) is 7.38. The Labute approximate surface area is 312 Å². The molecule has 0 radical (unpaired) electrons. The minimum atomic E-state index is -1.35. The van der Waals surface area contributed by atoms with E-state index >= 15 is 4.79 Å². The van der Waals surface area contributed by atoms with Crippen LogP contribution in [0.25, 0.3) is 20.7 Å². The number of imide groups is 2. The number of aromatic hydroxyl groups is 1. The van der Waals surface area contributed by atoms with Crippen molar-refractivity contribution in [3.63, 3.8) is 0 Å². The second kappa shape index (κ2) is 12.0. The standard InChI is InChI=1S/C38H36BrClN4O6S/c1-6-11-43-34(46)21-9-8-20-23(30(21)36(43)48)15-25-35(47)44(37(49)38(25,3)31(20)24-12-18(39)13-27(50-5)32(24)45)29-16-26(41-42(29)4)33-17(2)22-14-19(40)7-10-28(22)51-33/h7-8,10,12-14,16,21,23,25,30-31,45H,6,9,11,15H2,1-5H3. The number of carbonyl (C=O) groups excluding carboxylic acids is 4. The van der Waals surface area contributed by atoms with E-state index in [1.54, 1.807) is 48.2 Å². The maximum Gasteiger partial charge on any atom is 0.242 e. The Morgan fingerprint density at radius 3 is 2.59 bits per heavy atom. The molecule has 3 fully saturated rings. The summed E-state index contributed by atoms with van der Waals surface area (Å²) in [6.45, 7) is 6.06. The minimum Gasteiger partial charge on any atom is -0.504 e. The van der Waals surface area contributed by atoms with Crippen LogP contribution in [0.2, 0.25) is 5.02 Å². The zero-order valence-corrected chi connectivity index (χ0v) is 31.9. The molecule has 264 valence electrons. The molecule has 51 heavy (non-hydrogen) atoms. The van der Waals surface area contributed by atoms with E-state index in [1.165, 1.54) is 16.9 Å². The Balaban J connectivity index is 1.27. The summed E-state index contributed by atoms with van der Waals surface area (Å²) in [5.74, 6) is -4.15. The number of ether oxygens (including phenoxy) is 1. The van der Waals surface area contributed by atoms with Gasteiger partial charge in [0.2, 0.25) is 23.6 Å². The van der Waals surface area contributed by atoms with Crippen LogP contribution in [-0.4, -0.2) is 57.1 Å². The molecule has 1 N–H and O–H groups in total. The lowest BCUT2D eigenvalue weighted by atomic mass is 9.51. The Morgan fingerprint density at radius 1 is 1.10 bits per heavy atom. The first-order valence-electron chi connectivity index (χ1n) is 17.0. The van der Waals surface area contributed by atoms with Crippen molar-refractivity contribution in [1.29, 1.82) is 0 Å². The molecule has 6 atom stereocenters. The third-order valence-electron chi connectivity index (χ3n) is 11.6. The summed E-state index contributed by atoms with van der Waals surface area (Å²) in [5.41, 5.74) is 1.48. The zero-order valence-electron chi connectivity index (χ0n) is 28.7. The van der Waals surface area contributed by atoms with Crippen LogP contribution in [0.4, 0.5) is 5.82 Å². The second-order valence-electron chi connectivity index (χ2n) is 14.2. The minimum absolute atomic E-state index is 0.141. The first-order valence-corrected chi connectivity index (χ1v) is 19.0. The summed E-state index contributed by atoms with van der Waals surface area (Å²) in [6.07, 6.45) is 3.17. The number of fused-ring (bicyclic) bond motifs is 5. The quantitative estimate of drug-likeness (QED) is 0.160. The number of methoxy groups -OCH3 is 1. The Bertz CT molecular complexity index is 2250. The lowest BCUT2D eigenvalue weighted by molar-refractivity contribution is -0.140. The van der Waals surface area contributed by atoms with E-state index in [0.29, 0.717) is 46.0 Å². The molecule has 13 heteroatoms. The molecule has 2 saturated heterocycles. The van der Waals surface area contributed by atoms with Crippen LogP contribution >= 0.6 is 38.9 Å². The molecular formula is C38H36BrClN4O6S. The topological polar surface area (TPSA) is 122 Å². The third kappa shape index (κ3) is 4.74. The van der Waals surface area contributed by atoms with Gasteiger partial charge < -0.3 is 9.84 Å². The van der Waals surface area contributed by atoms with Crippen molar-refractivity contribution >= 4 is 78.4 Å². The van der Waals surface area contributed by atoms with Crippen molar-refractivity contribution in [2.45, 2.75) is 46.0 Å². The number of phenolic OH excluding ortho intramolecular Hbond substituents is 1.